The smallest absolute Gasteiger partial charge is 0.291 e. The summed E-state index contributed by atoms with van der Waals surface area (Å²) in [6.45, 7) is 6.82. The third kappa shape index (κ3) is 4.09. The zero-order valence-electron chi connectivity index (χ0n) is 24.2. The molecule has 0 amide bonds. The summed E-state index contributed by atoms with van der Waals surface area (Å²) in [5.74, 6) is 1.98. The molecule has 3 saturated carbocycles. The molecule has 3 N–H and O–H groups in total. The Morgan fingerprint density at radius 1 is 1.05 bits per heavy atom. The second-order valence-electron chi connectivity index (χ2n) is 13.3. The van der Waals surface area contributed by atoms with Crippen LogP contribution < -0.4 is 11.3 Å². The van der Waals surface area contributed by atoms with Gasteiger partial charge in [0, 0.05) is 17.2 Å². The molecule has 41 heavy (non-hydrogen) atoms. The number of hydrogen-bond acceptors (Lipinski definition) is 6. The minimum Gasteiger partial charge on any atom is -0.393 e. The molecule has 6 rings (SSSR count). The average Bonchev–Trinajstić information content (AvgIpc) is 3.33. The largest absolute Gasteiger partial charge is 0.393 e. The number of anilines is 1. The van der Waals surface area contributed by atoms with E-state index in [2.05, 4.69) is 26.0 Å². The maximum atomic E-state index is 13.6. The minimum absolute atomic E-state index is 0.0320. The summed E-state index contributed by atoms with van der Waals surface area (Å²) in [5, 5.41) is 35.1. The summed E-state index contributed by atoms with van der Waals surface area (Å²) in [4.78, 5) is 13.6. The predicted molar refractivity (Wildman–Crippen MR) is 160 cm³/mol. The molecule has 212 valence electrons. The highest BCUT2D eigenvalue weighted by molar-refractivity contribution is 5.86. The summed E-state index contributed by atoms with van der Waals surface area (Å²) in [7, 11) is 0. The number of aliphatic hydroxyl groups excluding tert-OH is 1. The molecule has 7 heteroatoms. The number of benzene rings is 1. The summed E-state index contributed by atoms with van der Waals surface area (Å²) in [6.07, 6.45) is 10.5. The fourth-order valence-electron chi connectivity index (χ4n) is 9.45. The van der Waals surface area contributed by atoms with Crippen LogP contribution in [0.4, 0.5) is 5.82 Å². The molecule has 7 nitrogen and oxygen atoms in total. The van der Waals surface area contributed by atoms with Gasteiger partial charge in [0.15, 0.2) is 0 Å². The monoisotopic (exact) mass is 549 g/mol. The second-order valence-corrected chi connectivity index (χ2v) is 13.3. The predicted octanol–water partition coefficient (Wildman–Crippen LogP) is 6.00. The number of aromatic nitrogens is 1. The van der Waals surface area contributed by atoms with E-state index in [1.807, 2.05) is 19.1 Å². The molecule has 1 heterocycles. The van der Waals surface area contributed by atoms with Gasteiger partial charge in [0.2, 0.25) is 0 Å². The van der Waals surface area contributed by atoms with Crippen LogP contribution >= 0.6 is 0 Å². The third-order valence-corrected chi connectivity index (χ3v) is 11.5. The quantitative estimate of drug-likeness (QED) is 0.358. The SMILES string of the molecule is C/C(=N\n1c(N)c(C#N)c(-c2ccccc2)c(C#N)c1=O)[C@H]1CC[C@H]2[C@@H]3CC=C4C[C@@H](O)CC[C@]4(C)[C@H]3CC[C@]12C. The summed E-state index contributed by atoms with van der Waals surface area (Å²) < 4.78 is 1.09. The number of nitrogen functional groups attached to an aromatic ring is 1. The van der Waals surface area contributed by atoms with Gasteiger partial charge < -0.3 is 10.8 Å². The molecule has 1 aromatic carbocycles. The van der Waals surface area contributed by atoms with Crippen LogP contribution in [-0.4, -0.2) is 21.6 Å². The van der Waals surface area contributed by atoms with Crippen molar-refractivity contribution in [3.8, 4) is 23.3 Å². The lowest BCUT2D eigenvalue weighted by molar-refractivity contribution is -0.0423. The van der Waals surface area contributed by atoms with Crippen LogP contribution in [0.5, 0.6) is 0 Å². The number of hydrogen-bond donors (Lipinski definition) is 2. The molecule has 0 saturated heterocycles. The van der Waals surface area contributed by atoms with Gasteiger partial charge in [-0.25, -0.2) is 0 Å². The van der Waals surface area contributed by atoms with Crippen molar-refractivity contribution in [1.82, 2.24) is 4.68 Å². The van der Waals surface area contributed by atoms with E-state index < -0.39 is 5.56 Å². The lowest BCUT2D eigenvalue weighted by Gasteiger charge is -2.58. The molecule has 4 aliphatic carbocycles. The Morgan fingerprint density at radius 2 is 1.78 bits per heavy atom. The molecule has 7 atom stereocenters. The molecular weight excluding hydrogens is 510 g/mol. The number of nitrogens with two attached hydrogens (primary N) is 1. The molecule has 0 bridgehead atoms. The number of pyridine rings is 1. The van der Waals surface area contributed by atoms with Gasteiger partial charge in [0.1, 0.15) is 29.1 Å². The average molecular weight is 550 g/mol. The van der Waals surface area contributed by atoms with E-state index in [0.29, 0.717) is 23.3 Å². The van der Waals surface area contributed by atoms with Gasteiger partial charge in [-0.2, -0.15) is 20.3 Å². The van der Waals surface area contributed by atoms with E-state index in [9.17, 15) is 20.4 Å². The Kier molecular flexibility index (Phi) is 6.70. The van der Waals surface area contributed by atoms with Crippen molar-refractivity contribution in [3.05, 3.63) is 63.5 Å². The molecule has 4 aliphatic rings. The molecule has 0 radical (unpaired) electrons. The molecule has 3 fully saturated rings. The first-order valence-electron chi connectivity index (χ1n) is 15.0. The van der Waals surface area contributed by atoms with Crippen LogP contribution in [0.1, 0.15) is 83.3 Å². The molecular formula is C34H39N5O2. The maximum Gasteiger partial charge on any atom is 0.291 e. The fraction of sp³-hybridized carbons (Fsp3) is 0.529. The number of nitrogens with zero attached hydrogens (tertiary/aromatic N) is 4. The van der Waals surface area contributed by atoms with E-state index in [1.165, 1.54) is 5.57 Å². The molecule has 0 spiro atoms. The fourth-order valence-corrected chi connectivity index (χ4v) is 9.45. The van der Waals surface area contributed by atoms with Gasteiger partial charge in [-0.1, -0.05) is 55.8 Å². The normalized spacial score (nSPS) is 34.4. The zero-order valence-corrected chi connectivity index (χ0v) is 24.2. The first kappa shape index (κ1) is 27.5. The van der Waals surface area contributed by atoms with Crippen molar-refractivity contribution < 1.29 is 5.11 Å². The number of allylic oxidation sites excluding steroid dienone is 1. The van der Waals surface area contributed by atoms with Crippen molar-refractivity contribution in [1.29, 1.82) is 10.5 Å². The third-order valence-electron chi connectivity index (χ3n) is 11.5. The van der Waals surface area contributed by atoms with E-state index in [-0.39, 0.29) is 45.4 Å². The Hall–Kier alpha value is -3.68. The van der Waals surface area contributed by atoms with Crippen molar-refractivity contribution in [2.24, 2.45) is 39.6 Å². The summed E-state index contributed by atoms with van der Waals surface area (Å²) in [5.41, 5.74) is 9.25. The standard InChI is InChI=1S/C34H39N5O2/c1-20(38-39-31(37)25(18-35)30(26(19-36)32(39)41)21-7-5-4-6-8-21)27-11-12-28-24-10-9-22-17-23(40)13-15-33(22,2)29(24)14-16-34(27,28)3/h4-9,23-24,27-29,40H,10-17,37H2,1-3H3/b38-20+/t23-,24-,27+,28-,29-,33-,34+/m0/s1. The topological polar surface area (TPSA) is 128 Å². The molecule has 0 unspecified atom stereocenters. The number of nitriles is 2. The van der Waals surface area contributed by atoms with E-state index in [0.717, 1.165) is 61.8 Å². The van der Waals surface area contributed by atoms with Crippen molar-refractivity contribution >= 4 is 11.5 Å². The molecule has 2 aromatic rings. The van der Waals surface area contributed by atoms with E-state index in [1.54, 1.807) is 24.3 Å². The van der Waals surface area contributed by atoms with Gasteiger partial charge >= 0.3 is 0 Å². The van der Waals surface area contributed by atoms with Gasteiger partial charge in [-0.15, -0.1) is 0 Å². The van der Waals surface area contributed by atoms with Crippen molar-refractivity contribution in [3.63, 3.8) is 0 Å². The molecule has 0 aliphatic heterocycles. The van der Waals surface area contributed by atoms with Crippen LogP contribution in [0, 0.1) is 57.2 Å². The maximum absolute atomic E-state index is 13.6. The second kappa shape index (κ2) is 10.00. The summed E-state index contributed by atoms with van der Waals surface area (Å²) in [6, 6.07) is 13.1. The van der Waals surface area contributed by atoms with Crippen LogP contribution in [0.2, 0.25) is 0 Å². The summed E-state index contributed by atoms with van der Waals surface area (Å²) >= 11 is 0. The van der Waals surface area contributed by atoms with Crippen LogP contribution in [0.25, 0.3) is 11.1 Å². The Morgan fingerprint density at radius 3 is 2.49 bits per heavy atom. The first-order valence-corrected chi connectivity index (χ1v) is 15.0. The lowest BCUT2D eigenvalue weighted by atomic mass is 9.47. The number of fused-ring (bicyclic) bond motifs is 5. The first-order chi connectivity index (χ1) is 19.6. The highest BCUT2D eigenvalue weighted by atomic mass is 16.3. The Labute approximate surface area is 242 Å². The van der Waals surface area contributed by atoms with Gasteiger partial charge in [-0.3, -0.25) is 4.79 Å². The van der Waals surface area contributed by atoms with E-state index in [4.69, 9.17) is 10.8 Å². The lowest BCUT2D eigenvalue weighted by Crippen LogP contribution is -2.51. The van der Waals surface area contributed by atoms with Crippen LogP contribution in [0.3, 0.4) is 0 Å². The van der Waals surface area contributed by atoms with Crippen LogP contribution in [0.15, 0.2) is 51.9 Å². The van der Waals surface area contributed by atoms with Gasteiger partial charge in [0.05, 0.1) is 6.10 Å². The zero-order chi connectivity index (χ0) is 29.1. The van der Waals surface area contributed by atoms with Crippen LogP contribution in [-0.2, 0) is 0 Å². The van der Waals surface area contributed by atoms with Crippen molar-refractivity contribution in [2.45, 2.75) is 78.2 Å². The highest BCUT2D eigenvalue weighted by Crippen LogP contribution is 2.66. The Balaban J connectivity index is 1.36. The Bertz CT molecular complexity index is 1590. The van der Waals surface area contributed by atoms with Gasteiger partial charge in [-0.05, 0) is 92.4 Å². The van der Waals surface area contributed by atoms with Gasteiger partial charge in [0.25, 0.3) is 5.56 Å². The highest BCUT2D eigenvalue weighted by Gasteiger charge is 2.59. The minimum atomic E-state index is -0.594. The number of aliphatic hydroxyl groups is 1. The number of rotatable bonds is 3. The molecule has 1 aromatic heterocycles. The van der Waals surface area contributed by atoms with Crippen molar-refractivity contribution in [2.75, 3.05) is 5.73 Å². The van der Waals surface area contributed by atoms with E-state index >= 15 is 0 Å².